The summed E-state index contributed by atoms with van der Waals surface area (Å²) in [5.41, 5.74) is 0.666. The molecular formula is C15H19N5O5S. The van der Waals surface area contributed by atoms with Crippen molar-refractivity contribution in [1.82, 2.24) is 19.5 Å². The highest BCUT2D eigenvalue weighted by Gasteiger charge is 2.44. The van der Waals surface area contributed by atoms with Crippen molar-refractivity contribution in [3.8, 4) is 0 Å². The number of carbonyl (C=O) groups is 1. The molecule has 2 aromatic rings. The number of fused-ring (bicyclic) bond motifs is 1. The van der Waals surface area contributed by atoms with Gasteiger partial charge < -0.3 is 25.4 Å². The third kappa shape index (κ3) is 3.57. The van der Waals surface area contributed by atoms with Gasteiger partial charge in [0.2, 0.25) is 5.91 Å². The molecule has 2 aromatic heterocycles. The highest BCUT2D eigenvalue weighted by Crippen LogP contribution is 2.33. The van der Waals surface area contributed by atoms with E-state index in [-0.39, 0.29) is 12.4 Å². The number of aliphatic hydroxyl groups is 3. The summed E-state index contributed by atoms with van der Waals surface area (Å²) in [7, 11) is 0. The maximum Gasteiger partial charge on any atom is 0.249 e. The zero-order chi connectivity index (χ0) is 18.7. The van der Waals surface area contributed by atoms with Crippen LogP contribution in [0.1, 0.15) is 6.23 Å². The monoisotopic (exact) mass is 381 g/mol. The molecule has 1 saturated heterocycles. The molecule has 26 heavy (non-hydrogen) atoms. The third-order valence-electron chi connectivity index (χ3n) is 3.92. The highest BCUT2D eigenvalue weighted by molar-refractivity contribution is 7.98. The molecule has 1 fully saturated rings. The van der Waals surface area contributed by atoms with Gasteiger partial charge in [0, 0.05) is 11.8 Å². The van der Waals surface area contributed by atoms with Crippen LogP contribution in [0.4, 0.5) is 5.82 Å². The number of aromatic nitrogens is 4. The number of hydrogen-bond donors (Lipinski definition) is 4. The molecule has 10 nitrogen and oxygen atoms in total. The van der Waals surface area contributed by atoms with E-state index in [1.165, 1.54) is 41.1 Å². The van der Waals surface area contributed by atoms with Crippen molar-refractivity contribution in [1.29, 1.82) is 0 Å². The van der Waals surface area contributed by atoms with Crippen LogP contribution in [0.5, 0.6) is 0 Å². The van der Waals surface area contributed by atoms with E-state index in [9.17, 15) is 15.0 Å². The minimum Gasteiger partial charge on any atom is -0.392 e. The van der Waals surface area contributed by atoms with Crippen molar-refractivity contribution in [2.45, 2.75) is 24.5 Å². The average Bonchev–Trinajstić information content (AvgIpc) is 3.17. The van der Waals surface area contributed by atoms with E-state index in [1.54, 1.807) is 0 Å². The Hall–Kier alpha value is -2.05. The number of aliphatic hydroxyl groups excluding tert-OH is 3. The van der Waals surface area contributed by atoms with Gasteiger partial charge in [-0.25, -0.2) is 15.0 Å². The molecule has 1 aliphatic heterocycles. The SMILES string of the molecule is CSC[C@H]1O[C@@H](n2cnc3c(NC(=O)/C=C/CO)ncnc32)[C@H](O)[C@@H]1O. The molecule has 0 aliphatic carbocycles. The lowest BCUT2D eigenvalue weighted by Gasteiger charge is -2.16. The van der Waals surface area contributed by atoms with E-state index in [1.807, 2.05) is 6.26 Å². The van der Waals surface area contributed by atoms with Crippen molar-refractivity contribution in [3.63, 3.8) is 0 Å². The number of nitrogens with one attached hydrogen (secondary N) is 1. The molecular weight excluding hydrogens is 362 g/mol. The van der Waals surface area contributed by atoms with E-state index in [4.69, 9.17) is 9.84 Å². The van der Waals surface area contributed by atoms with Crippen molar-refractivity contribution in [2.75, 3.05) is 23.9 Å². The molecule has 1 amide bonds. The summed E-state index contributed by atoms with van der Waals surface area (Å²) < 4.78 is 7.27. The fraction of sp³-hybridized carbons (Fsp3) is 0.467. The third-order valence-corrected chi connectivity index (χ3v) is 4.58. The van der Waals surface area contributed by atoms with Crippen LogP contribution in [0.2, 0.25) is 0 Å². The number of amides is 1. The first-order valence-electron chi connectivity index (χ1n) is 7.83. The van der Waals surface area contributed by atoms with E-state index in [0.717, 1.165) is 0 Å². The average molecular weight is 381 g/mol. The Balaban J connectivity index is 1.89. The minimum absolute atomic E-state index is 0.190. The van der Waals surface area contributed by atoms with Crippen LogP contribution in [-0.2, 0) is 9.53 Å². The van der Waals surface area contributed by atoms with Crippen LogP contribution in [-0.4, -0.2) is 77.7 Å². The van der Waals surface area contributed by atoms with Crippen LogP contribution in [0.15, 0.2) is 24.8 Å². The highest BCUT2D eigenvalue weighted by atomic mass is 32.2. The van der Waals surface area contributed by atoms with Gasteiger partial charge in [-0.1, -0.05) is 6.08 Å². The number of carbonyl (C=O) groups excluding carboxylic acids is 1. The van der Waals surface area contributed by atoms with Crippen LogP contribution in [0, 0.1) is 0 Å². The molecule has 0 bridgehead atoms. The molecule has 11 heteroatoms. The standard InChI is InChI=1S/C15H19N5O5S/c1-26-5-8-11(23)12(24)15(25-8)20-7-18-10-13(16-6-17-14(10)20)19-9(22)3-2-4-21/h2-3,6-8,11-12,15,21,23-24H,4-5H2,1H3,(H,16,17,19,22)/b3-2+/t8-,11-,12-,15-/m1/s1. The maximum atomic E-state index is 11.8. The molecule has 0 aromatic carbocycles. The van der Waals surface area contributed by atoms with Gasteiger partial charge >= 0.3 is 0 Å². The van der Waals surface area contributed by atoms with Gasteiger partial charge in [0.25, 0.3) is 0 Å². The lowest BCUT2D eigenvalue weighted by molar-refractivity contribution is -0.112. The second-order valence-electron chi connectivity index (χ2n) is 5.62. The normalized spacial score (nSPS) is 26.0. The smallest absolute Gasteiger partial charge is 0.249 e. The summed E-state index contributed by atoms with van der Waals surface area (Å²) in [6, 6.07) is 0. The Morgan fingerprint density at radius 3 is 2.92 bits per heavy atom. The van der Waals surface area contributed by atoms with Gasteiger partial charge in [0.1, 0.15) is 18.5 Å². The molecule has 3 heterocycles. The second kappa shape index (κ2) is 8.10. The summed E-state index contributed by atoms with van der Waals surface area (Å²) in [5, 5.41) is 31.7. The summed E-state index contributed by atoms with van der Waals surface area (Å²) in [5.74, 6) is 0.255. The molecule has 140 valence electrons. The Morgan fingerprint density at radius 2 is 2.19 bits per heavy atom. The summed E-state index contributed by atoms with van der Waals surface area (Å²) in [4.78, 5) is 24.1. The number of rotatable bonds is 6. The number of imidazole rings is 1. The van der Waals surface area contributed by atoms with Crippen LogP contribution in [0.3, 0.4) is 0 Å². The first kappa shape index (κ1) is 18.7. The Kier molecular flexibility index (Phi) is 5.84. The predicted octanol–water partition coefficient (Wildman–Crippen LogP) is -0.705. The fourth-order valence-corrected chi connectivity index (χ4v) is 3.31. The van der Waals surface area contributed by atoms with Crippen molar-refractivity contribution >= 4 is 34.7 Å². The van der Waals surface area contributed by atoms with Gasteiger partial charge in [-0.3, -0.25) is 9.36 Å². The van der Waals surface area contributed by atoms with Gasteiger partial charge in [-0.15, -0.1) is 0 Å². The van der Waals surface area contributed by atoms with Crippen molar-refractivity contribution < 1.29 is 24.9 Å². The van der Waals surface area contributed by atoms with Crippen LogP contribution in [0.25, 0.3) is 11.2 Å². The minimum atomic E-state index is -1.13. The number of ether oxygens (including phenoxy) is 1. The van der Waals surface area contributed by atoms with E-state index in [0.29, 0.717) is 16.9 Å². The lowest BCUT2D eigenvalue weighted by atomic mass is 10.1. The maximum absolute atomic E-state index is 11.8. The quantitative estimate of drug-likeness (QED) is 0.477. The predicted molar refractivity (Wildman–Crippen MR) is 94.5 cm³/mol. The van der Waals surface area contributed by atoms with Gasteiger partial charge in [-0.05, 0) is 6.26 Å². The summed E-state index contributed by atoms with van der Waals surface area (Å²) in [6.45, 7) is -0.252. The Bertz CT molecular complexity index is 813. The molecule has 4 N–H and O–H groups in total. The molecule has 0 spiro atoms. The number of hydrogen-bond acceptors (Lipinski definition) is 9. The molecule has 0 unspecified atom stereocenters. The van der Waals surface area contributed by atoms with Crippen molar-refractivity contribution in [2.24, 2.45) is 0 Å². The largest absolute Gasteiger partial charge is 0.392 e. The zero-order valence-corrected chi connectivity index (χ0v) is 14.7. The summed E-state index contributed by atoms with van der Waals surface area (Å²) >= 11 is 1.50. The molecule has 0 radical (unpaired) electrons. The van der Waals surface area contributed by atoms with Gasteiger partial charge in [-0.2, -0.15) is 11.8 Å². The first-order valence-corrected chi connectivity index (χ1v) is 9.22. The summed E-state index contributed by atoms with van der Waals surface area (Å²) in [6.07, 6.45) is 3.52. The van der Waals surface area contributed by atoms with E-state index in [2.05, 4.69) is 20.3 Å². The van der Waals surface area contributed by atoms with Gasteiger partial charge in [0.15, 0.2) is 23.2 Å². The molecule has 3 rings (SSSR count). The first-order chi connectivity index (χ1) is 12.6. The fourth-order valence-electron chi connectivity index (χ4n) is 2.71. The number of thioether (sulfide) groups is 1. The van der Waals surface area contributed by atoms with Crippen molar-refractivity contribution in [3.05, 3.63) is 24.8 Å². The number of nitrogens with zero attached hydrogens (tertiary/aromatic N) is 4. The topological polar surface area (TPSA) is 143 Å². The second-order valence-corrected chi connectivity index (χ2v) is 6.53. The molecule has 4 atom stereocenters. The van der Waals surface area contributed by atoms with Gasteiger partial charge in [0.05, 0.1) is 19.0 Å². The van der Waals surface area contributed by atoms with E-state index >= 15 is 0 Å². The van der Waals surface area contributed by atoms with Crippen LogP contribution >= 0.6 is 11.8 Å². The lowest BCUT2D eigenvalue weighted by Crippen LogP contribution is -2.32. The van der Waals surface area contributed by atoms with E-state index < -0.39 is 30.4 Å². The zero-order valence-electron chi connectivity index (χ0n) is 13.9. The molecule has 1 aliphatic rings. The Morgan fingerprint density at radius 1 is 1.38 bits per heavy atom. The number of anilines is 1. The Labute approximate surface area is 152 Å². The van der Waals surface area contributed by atoms with Crippen LogP contribution < -0.4 is 5.32 Å². The molecule has 0 saturated carbocycles.